The summed E-state index contributed by atoms with van der Waals surface area (Å²) in [5.41, 5.74) is 0. The molecule has 2 aliphatic rings. The quantitative estimate of drug-likeness (QED) is 0.471. The van der Waals surface area contributed by atoms with E-state index in [-0.39, 0.29) is 24.0 Å². The molecule has 2 fully saturated rings. The number of Topliss-reactive ketones (excluding diaryl/α,β-unsaturated/α-hetero) is 1. The minimum Gasteiger partial charge on any atom is -0.390 e. The Morgan fingerprint density at radius 3 is 2.80 bits per heavy atom. The Balaban J connectivity index is 2.12. The summed E-state index contributed by atoms with van der Waals surface area (Å²) in [7, 11) is 0. The van der Waals surface area contributed by atoms with Crippen LogP contribution in [-0.2, 0) is 4.79 Å². The minimum absolute atomic E-state index is 0.0799. The number of rotatable bonds is 0. The van der Waals surface area contributed by atoms with Crippen molar-refractivity contribution in [3.63, 3.8) is 0 Å². The molecule has 0 bridgehead atoms. The summed E-state index contributed by atoms with van der Waals surface area (Å²) in [6.07, 6.45) is -0.488. The zero-order chi connectivity index (χ0) is 7.30. The van der Waals surface area contributed by atoms with Crippen LogP contribution in [0.25, 0.3) is 0 Å². The average Bonchev–Trinajstić information content (AvgIpc) is 2.61. The Labute approximate surface area is 58.7 Å². The van der Waals surface area contributed by atoms with Crippen molar-refractivity contribution in [3.8, 4) is 0 Å². The van der Waals surface area contributed by atoms with Gasteiger partial charge in [-0.2, -0.15) is 0 Å². The average molecular weight is 142 g/mol. The lowest BCUT2D eigenvalue weighted by Crippen LogP contribution is -2.35. The zero-order valence-corrected chi connectivity index (χ0v) is 5.53. The van der Waals surface area contributed by atoms with Gasteiger partial charge < -0.3 is 10.2 Å². The van der Waals surface area contributed by atoms with Gasteiger partial charge in [0.05, 0.1) is 12.2 Å². The van der Waals surface area contributed by atoms with Crippen molar-refractivity contribution in [2.24, 2.45) is 11.8 Å². The molecular weight excluding hydrogens is 132 g/mol. The first-order valence-corrected chi connectivity index (χ1v) is 3.59. The van der Waals surface area contributed by atoms with Gasteiger partial charge in [-0.15, -0.1) is 0 Å². The predicted octanol–water partition coefficient (Wildman–Crippen LogP) is -0.683. The van der Waals surface area contributed by atoms with Crippen molar-refractivity contribution < 1.29 is 15.0 Å². The summed E-state index contributed by atoms with van der Waals surface area (Å²) in [5, 5.41) is 18.3. The van der Waals surface area contributed by atoms with E-state index in [2.05, 4.69) is 0 Å². The molecule has 56 valence electrons. The maximum Gasteiger partial charge on any atom is 0.139 e. The highest BCUT2D eigenvalue weighted by atomic mass is 16.3. The highest BCUT2D eigenvalue weighted by Gasteiger charge is 2.53. The molecule has 2 saturated carbocycles. The van der Waals surface area contributed by atoms with E-state index < -0.39 is 12.2 Å². The summed E-state index contributed by atoms with van der Waals surface area (Å²) >= 11 is 0. The largest absolute Gasteiger partial charge is 0.390 e. The summed E-state index contributed by atoms with van der Waals surface area (Å²) in [5.74, 6) is 0.289. The molecule has 0 aromatic rings. The Morgan fingerprint density at radius 2 is 2.10 bits per heavy atom. The molecule has 2 rings (SSSR count). The fourth-order valence-electron chi connectivity index (χ4n) is 1.73. The van der Waals surface area contributed by atoms with Gasteiger partial charge in [-0.3, -0.25) is 4.79 Å². The molecule has 0 aromatic heterocycles. The number of hydrogen-bond donors (Lipinski definition) is 2. The Hall–Kier alpha value is -0.410. The zero-order valence-electron chi connectivity index (χ0n) is 5.53. The molecule has 0 heterocycles. The van der Waals surface area contributed by atoms with E-state index in [1.165, 1.54) is 0 Å². The maximum absolute atomic E-state index is 10.9. The minimum atomic E-state index is -0.795. The summed E-state index contributed by atoms with van der Waals surface area (Å²) < 4.78 is 0. The fraction of sp³-hybridized carbons (Fsp3) is 0.857. The van der Waals surface area contributed by atoms with Gasteiger partial charge in [0.2, 0.25) is 0 Å². The summed E-state index contributed by atoms with van der Waals surface area (Å²) in [6, 6.07) is 0. The lowest BCUT2D eigenvalue weighted by atomic mass is 9.94. The number of fused-ring (bicyclic) bond motifs is 1. The molecule has 0 aromatic carbocycles. The molecular formula is C7H10O3. The second-order valence-corrected chi connectivity index (χ2v) is 3.23. The molecule has 0 spiro atoms. The molecule has 0 aliphatic heterocycles. The first-order chi connectivity index (χ1) is 4.70. The number of aliphatic hydroxyl groups excluding tert-OH is 2. The standard InChI is InChI=1S/C7H10O3/c8-5-2-6(9)7(10)4-1-3(4)5/h3-4,6-7,9-10H,1-2H2/t3-,4+,6+,7+/m0/s1. The van der Waals surface area contributed by atoms with Crippen molar-refractivity contribution in [3.05, 3.63) is 0 Å². The third-order valence-corrected chi connectivity index (χ3v) is 2.50. The van der Waals surface area contributed by atoms with Crippen molar-refractivity contribution in [2.75, 3.05) is 0 Å². The molecule has 0 unspecified atom stereocenters. The summed E-state index contributed by atoms with van der Waals surface area (Å²) in [6.45, 7) is 0. The van der Waals surface area contributed by atoms with Crippen LogP contribution in [0.15, 0.2) is 0 Å². The number of hydrogen-bond acceptors (Lipinski definition) is 3. The molecule has 0 saturated heterocycles. The highest BCUT2D eigenvalue weighted by Crippen LogP contribution is 2.47. The smallest absolute Gasteiger partial charge is 0.139 e. The van der Waals surface area contributed by atoms with Crippen LogP contribution in [0.4, 0.5) is 0 Å². The number of carbonyl (C=O) groups is 1. The third kappa shape index (κ3) is 0.707. The first kappa shape index (κ1) is 6.31. The van der Waals surface area contributed by atoms with E-state index in [9.17, 15) is 9.90 Å². The maximum atomic E-state index is 10.9. The van der Waals surface area contributed by atoms with Crippen LogP contribution < -0.4 is 0 Å². The topological polar surface area (TPSA) is 57.5 Å². The van der Waals surface area contributed by atoms with Gasteiger partial charge in [0.1, 0.15) is 5.78 Å². The number of carbonyl (C=O) groups excluding carboxylic acids is 1. The monoisotopic (exact) mass is 142 g/mol. The Bertz CT molecular complexity index is 176. The van der Waals surface area contributed by atoms with Gasteiger partial charge >= 0.3 is 0 Å². The normalized spacial score (nSPS) is 52.4. The van der Waals surface area contributed by atoms with E-state index in [4.69, 9.17) is 5.11 Å². The van der Waals surface area contributed by atoms with Crippen LogP contribution >= 0.6 is 0 Å². The number of ketones is 1. The molecule has 2 aliphatic carbocycles. The van der Waals surface area contributed by atoms with Crippen LogP contribution in [0.1, 0.15) is 12.8 Å². The first-order valence-electron chi connectivity index (χ1n) is 3.59. The van der Waals surface area contributed by atoms with Gasteiger partial charge in [0, 0.05) is 12.3 Å². The van der Waals surface area contributed by atoms with Gasteiger partial charge in [-0.1, -0.05) is 0 Å². The van der Waals surface area contributed by atoms with E-state index in [1.54, 1.807) is 0 Å². The van der Waals surface area contributed by atoms with Crippen LogP contribution in [0.2, 0.25) is 0 Å². The van der Waals surface area contributed by atoms with Gasteiger partial charge in [-0.25, -0.2) is 0 Å². The van der Waals surface area contributed by atoms with Gasteiger partial charge in [0.25, 0.3) is 0 Å². The van der Waals surface area contributed by atoms with Crippen LogP contribution in [0, 0.1) is 11.8 Å². The SMILES string of the molecule is O=C1C[C@@H](O)[C@H](O)[C@@H]2C[C@H]12. The predicted molar refractivity (Wildman–Crippen MR) is 33.2 cm³/mol. The second-order valence-electron chi connectivity index (χ2n) is 3.23. The Morgan fingerprint density at radius 1 is 1.40 bits per heavy atom. The summed E-state index contributed by atoms with van der Waals surface area (Å²) in [4.78, 5) is 10.9. The van der Waals surface area contributed by atoms with Crippen molar-refractivity contribution >= 4 is 5.78 Å². The lowest BCUT2D eigenvalue weighted by Gasteiger charge is -2.21. The fourth-order valence-corrected chi connectivity index (χ4v) is 1.73. The van der Waals surface area contributed by atoms with E-state index in [1.807, 2.05) is 0 Å². The Kier molecular flexibility index (Phi) is 1.13. The van der Waals surface area contributed by atoms with Crippen LogP contribution in [0.5, 0.6) is 0 Å². The van der Waals surface area contributed by atoms with E-state index in [0.29, 0.717) is 0 Å². The van der Waals surface area contributed by atoms with E-state index in [0.717, 1.165) is 6.42 Å². The number of aliphatic hydroxyl groups is 2. The van der Waals surface area contributed by atoms with Crippen molar-refractivity contribution in [2.45, 2.75) is 25.0 Å². The second kappa shape index (κ2) is 1.80. The molecule has 0 amide bonds. The van der Waals surface area contributed by atoms with E-state index >= 15 is 0 Å². The van der Waals surface area contributed by atoms with Gasteiger partial charge in [-0.05, 0) is 12.3 Å². The van der Waals surface area contributed by atoms with Crippen LogP contribution in [0.3, 0.4) is 0 Å². The van der Waals surface area contributed by atoms with Crippen molar-refractivity contribution in [1.29, 1.82) is 0 Å². The van der Waals surface area contributed by atoms with Gasteiger partial charge in [0.15, 0.2) is 0 Å². The molecule has 2 N–H and O–H groups in total. The molecule has 3 heteroatoms. The molecule has 4 atom stereocenters. The molecule has 3 nitrogen and oxygen atoms in total. The third-order valence-electron chi connectivity index (χ3n) is 2.50. The lowest BCUT2D eigenvalue weighted by molar-refractivity contribution is -0.128. The van der Waals surface area contributed by atoms with Crippen LogP contribution in [-0.4, -0.2) is 28.2 Å². The highest BCUT2D eigenvalue weighted by molar-refractivity contribution is 5.85. The molecule has 0 radical (unpaired) electrons. The van der Waals surface area contributed by atoms with Crippen molar-refractivity contribution in [1.82, 2.24) is 0 Å². The molecule has 10 heavy (non-hydrogen) atoms.